The van der Waals surface area contributed by atoms with E-state index in [2.05, 4.69) is 4.85 Å². The summed E-state index contributed by atoms with van der Waals surface area (Å²) in [7, 11) is 0. The molecule has 0 aliphatic heterocycles. The Morgan fingerprint density at radius 3 is 1.79 bits per heavy atom. The monoisotopic (exact) mass is 350 g/mol. The molecular weight excluding hydrogens is 336 g/mol. The summed E-state index contributed by atoms with van der Waals surface area (Å²) in [6.45, 7) is 7.38. The number of nitrogens with zero attached hydrogens (tertiary/aromatic N) is 2. The predicted octanol–water partition coefficient (Wildman–Crippen LogP) is 4.95. The van der Waals surface area contributed by atoms with Gasteiger partial charge in [0.2, 0.25) is 0 Å². The molecule has 2 rings (SSSR count). The van der Waals surface area contributed by atoms with Crippen LogP contribution >= 0.6 is 23.5 Å². The average Bonchev–Trinajstić information content (AvgIpc) is 2.61. The Bertz CT molecular complexity index is 722. The van der Waals surface area contributed by atoms with Crippen molar-refractivity contribution in [3.8, 4) is 6.07 Å². The van der Waals surface area contributed by atoms with Crippen LogP contribution in [0.25, 0.3) is 4.85 Å². The van der Waals surface area contributed by atoms with E-state index < -0.39 is 12.0 Å². The van der Waals surface area contributed by atoms with Gasteiger partial charge in [-0.05, 0) is 24.3 Å². The highest BCUT2D eigenvalue weighted by atomic mass is 32.2. The molecule has 0 aliphatic rings. The molecule has 2 unspecified atom stereocenters. The highest BCUT2D eigenvalue weighted by Crippen LogP contribution is 2.29. The van der Waals surface area contributed by atoms with E-state index in [9.17, 15) is 5.26 Å². The average molecular weight is 350 g/mol. The van der Waals surface area contributed by atoms with Gasteiger partial charge in [0.05, 0.1) is 11.1 Å². The fourth-order valence-corrected chi connectivity index (χ4v) is 3.62. The van der Waals surface area contributed by atoms with Gasteiger partial charge < -0.3 is 4.85 Å². The van der Waals surface area contributed by atoms with Crippen molar-refractivity contribution in [2.45, 2.75) is 15.8 Å². The zero-order chi connectivity index (χ0) is 17.4. The molecule has 118 valence electrons. The fraction of sp³-hybridized carbons (Fsp3) is 0.111. The Hall–Kier alpha value is -2.54. The van der Waals surface area contributed by atoms with E-state index >= 15 is 0 Å². The second-order valence-electron chi connectivity index (χ2n) is 4.74. The minimum absolute atomic E-state index is 0.0844. The Morgan fingerprint density at radius 1 is 0.917 bits per heavy atom. The van der Waals surface area contributed by atoms with Crippen LogP contribution in [0, 0.1) is 34.6 Å². The third-order valence-electron chi connectivity index (χ3n) is 3.09. The van der Waals surface area contributed by atoms with Crippen LogP contribution in [0.5, 0.6) is 0 Å². The standard InChI is InChI=1S/C18H14N4S2/c1-22-16(18(21)24-14-10-6-3-7-11-14)15(12-19)17(20)23-13-8-4-2-5-9-13/h2-11,15-16,20-21H. The van der Waals surface area contributed by atoms with E-state index in [0.29, 0.717) is 0 Å². The Labute approximate surface area is 149 Å². The lowest BCUT2D eigenvalue weighted by Crippen LogP contribution is -2.28. The van der Waals surface area contributed by atoms with Crippen LogP contribution in [-0.2, 0) is 0 Å². The minimum atomic E-state index is -0.969. The molecule has 2 aromatic rings. The zero-order valence-corrected chi connectivity index (χ0v) is 14.3. The molecule has 2 aromatic carbocycles. The summed E-state index contributed by atoms with van der Waals surface area (Å²) >= 11 is 2.31. The Kier molecular flexibility index (Phi) is 6.62. The molecule has 0 spiro atoms. The maximum Gasteiger partial charge on any atom is 0.292 e. The number of nitriles is 1. The summed E-state index contributed by atoms with van der Waals surface area (Å²) in [6, 6.07) is 19.7. The summed E-state index contributed by atoms with van der Waals surface area (Å²) < 4.78 is 0. The molecule has 0 amide bonds. The first-order chi connectivity index (χ1) is 11.7. The highest BCUT2D eigenvalue weighted by molar-refractivity contribution is 8.14. The van der Waals surface area contributed by atoms with Gasteiger partial charge in [-0.3, -0.25) is 10.8 Å². The van der Waals surface area contributed by atoms with Crippen LogP contribution in [0.15, 0.2) is 70.5 Å². The number of hydrogen-bond acceptors (Lipinski definition) is 5. The molecule has 0 aromatic heterocycles. The third-order valence-corrected chi connectivity index (χ3v) is 5.04. The van der Waals surface area contributed by atoms with Gasteiger partial charge in [0.1, 0.15) is 0 Å². The van der Waals surface area contributed by atoms with Crippen LogP contribution < -0.4 is 0 Å². The molecule has 0 radical (unpaired) electrons. The second kappa shape index (κ2) is 8.93. The molecular formula is C18H14N4S2. The maximum atomic E-state index is 9.44. The first kappa shape index (κ1) is 17.8. The molecule has 4 nitrogen and oxygen atoms in total. The molecule has 0 bridgehead atoms. The number of rotatable bonds is 5. The van der Waals surface area contributed by atoms with E-state index in [1.807, 2.05) is 66.7 Å². The van der Waals surface area contributed by atoms with Gasteiger partial charge in [-0.25, -0.2) is 6.57 Å². The normalized spacial score (nSPS) is 12.4. The molecule has 24 heavy (non-hydrogen) atoms. The predicted molar refractivity (Wildman–Crippen MR) is 99.5 cm³/mol. The van der Waals surface area contributed by atoms with Gasteiger partial charge in [-0.15, -0.1) is 0 Å². The summed E-state index contributed by atoms with van der Waals surface area (Å²) in [5, 5.41) is 26.0. The number of thioether (sulfide) groups is 2. The first-order valence-electron chi connectivity index (χ1n) is 7.04. The number of nitrogens with one attached hydrogen (secondary N) is 2. The van der Waals surface area contributed by atoms with Crippen LogP contribution in [-0.4, -0.2) is 16.1 Å². The van der Waals surface area contributed by atoms with Crippen LogP contribution in [0.2, 0.25) is 0 Å². The lowest BCUT2D eigenvalue weighted by atomic mass is 10.0. The van der Waals surface area contributed by atoms with E-state index in [1.54, 1.807) is 0 Å². The molecule has 0 saturated heterocycles. The van der Waals surface area contributed by atoms with Crippen molar-refractivity contribution in [2.75, 3.05) is 0 Å². The Morgan fingerprint density at radius 2 is 1.38 bits per heavy atom. The molecule has 0 fully saturated rings. The lowest BCUT2D eigenvalue weighted by Gasteiger charge is -2.13. The zero-order valence-electron chi connectivity index (χ0n) is 12.6. The minimum Gasteiger partial charge on any atom is -0.304 e. The molecule has 0 heterocycles. The van der Waals surface area contributed by atoms with Crippen molar-refractivity contribution in [2.24, 2.45) is 5.92 Å². The summed E-state index contributed by atoms with van der Waals surface area (Å²) in [5.41, 5.74) is 0. The van der Waals surface area contributed by atoms with E-state index in [0.717, 1.165) is 33.3 Å². The van der Waals surface area contributed by atoms with E-state index in [4.69, 9.17) is 17.4 Å². The van der Waals surface area contributed by atoms with Crippen LogP contribution in [0.1, 0.15) is 0 Å². The SMILES string of the molecule is [C-]#[N+]C(C(=N)Sc1ccccc1)C(C#N)C(=N)Sc1ccccc1. The van der Waals surface area contributed by atoms with Gasteiger partial charge in [0, 0.05) is 9.79 Å². The summed E-state index contributed by atoms with van der Waals surface area (Å²) in [4.78, 5) is 5.13. The van der Waals surface area contributed by atoms with Crippen LogP contribution in [0.4, 0.5) is 0 Å². The molecule has 6 heteroatoms. The summed E-state index contributed by atoms with van der Waals surface area (Å²) in [5.74, 6) is -0.948. The van der Waals surface area contributed by atoms with Crippen LogP contribution in [0.3, 0.4) is 0 Å². The fourth-order valence-electron chi connectivity index (χ4n) is 1.91. The topological polar surface area (TPSA) is 75.8 Å². The third kappa shape index (κ3) is 4.73. The molecule has 2 N–H and O–H groups in total. The first-order valence-corrected chi connectivity index (χ1v) is 8.68. The number of hydrogen-bond donors (Lipinski definition) is 2. The van der Waals surface area contributed by atoms with E-state index in [-0.39, 0.29) is 10.1 Å². The molecule has 2 atom stereocenters. The lowest BCUT2D eigenvalue weighted by molar-refractivity contribution is 0.876. The van der Waals surface area contributed by atoms with Crippen molar-refractivity contribution in [3.63, 3.8) is 0 Å². The maximum absolute atomic E-state index is 9.44. The van der Waals surface area contributed by atoms with Gasteiger partial charge >= 0.3 is 0 Å². The van der Waals surface area contributed by atoms with Crippen molar-refractivity contribution in [3.05, 3.63) is 72.1 Å². The van der Waals surface area contributed by atoms with Gasteiger partial charge in [0.25, 0.3) is 6.04 Å². The molecule has 0 aliphatic carbocycles. The second-order valence-corrected chi connectivity index (χ2v) is 6.97. The van der Waals surface area contributed by atoms with Crippen molar-refractivity contribution < 1.29 is 0 Å². The van der Waals surface area contributed by atoms with Crippen molar-refractivity contribution in [1.29, 1.82) is 16.1 Å². The quantitative estimate of drug-likeness (QED) is 0.346. The van der Waals surface area contributed by atoms with Crippen molar-refractivity contribution >= 4 is 33.6 Å². The van der Waals surface area contributed by atoms with Gasteiger partial charge in [0.15, 0.2) is 11.0 Å². The largest absolute Gasteiger partial charge is 0.304 e. The van der Waals surface area contributed by atoms with Crippen molar-refractivity contribution in [1.82, 2.24) is 0 Å². The highest BCUT2D eigenvalue weighted by Gasteiger charge is 2.35. The Balaban J connectivity index is 2.11. The van der Waals surface area contributed by atoms with E-state index in [1.165, 1.54) is 0 Å². The smallest absolute Gasteiger partial charge is 0.292 e. The number of benzene rings is 2. The van der Waals surface area contributed by atoms with Gasteiger partial charge in [-0.2, -0.15) is 5.26 Å². The summed E-state index contributed by atoms with van der Waals surface area (Å²) in [6.07, 6.45) is 0. The molecule has 0 saturated carbocycles. The van der Waals surface area contributed by atoms with Gasteiger partial charge in [-0.1, -0.05) is 59.9 Å².